The fourth-order valence-corrected chi connectivity index (χ4v) is 3.84. The number of hydrogen-bond acceptors (Lipinski definition) is 3. The van der Waals surface area contributed by atoms with Gasteiger partial charge < -0.3 is 5.73 Å². The van der Waals surface area contributed by atoms with Crippen LogP contribution in [0, 0.1) is 12.8 Å². The van der Waals surface area contributed by atoms with Crippen LogP contribution in [-0.4, -0.2) is 15.5 Å². The molecule has 0 amide bonds. The largest absolute Gasteiger partial charge is 0.399 e. The van der Waals surface area contributed by atoms with Crippen molar-refractivity contribution in [1.82, 2.24) is 9.55 Å². The minimum absolute atomic E-state index is 0.0446. The highest BCUT2D eigenvalue weighted by molar-refractivity contribution is 9.10. The average molecular weight is 370 g/mol. The van der Waals surface area contributed by atoms with Crippen LogP contribution in [0.5, 0.6) is 0 Å². The van der Waals surface area contributed by atoms with Crippen LogP contribution < -0.4 is 5.73 Å². The number of nitrogens with zero attached hydrogens (tertiary/aromatic N) is 2. The minimum Gasteiger partial charge on any atom is -0.399 e. The number of hydrogen-bond donors (Lipinski definition) is 1. The maximum Gasteiger partial charge on any atom is 0.236 e. The van der Waals surface area contributed by atoms with Crippen molar-refractivity contribution in [2.24, 2.45) is 5.92 Å². The molecule has 0 aliphatic heterocycles. The van der Waals surface area contributed by atoms with Crippen molar-refractivity contribution >= 4 is 38.6 Å². The van der Waals surface area contributed by atoms with Gasteiger partial charge in [0.1, 0.15) is 5.82 Å². The molecule has 0 spiro atoms. The molecule has 0 bridgehead atoms. The zero-order valence-corrected chi connectivity index (χ0v) is 14.3. The predicted molar refractivity (Wildman–Crippen MR) is 94.5 cm³/mol. The Kier molecular flexibility index (Phi) is 3.27. The Bertz CT molecular complexity index is 945. The van der Waals surface area contributed by atoms with E-state index in [4.69, 9.17) is 5.73 Å². The Hall–Kier alpha value is -2.14. The smallest absolute Gasteiger partial charge is 0.236 e. The van der Waals surface area contributed by atoms with Crippen molar-refractivity contribution in [2.75, 3.05) is 5.73 Å². The number of rotatable bonds is 1. The Labute approximate surface area is 142 Å². The molecule has 0 saturated carbocycles. The summed E-state index contributed by atoms with van der Waals surface area (Å²) in [5, 5.41) is 0. The quantitative estimate of drug-likeness (QED) is 0.664. The maximum atomic E-state index is 13.1. The topological polar surface area (TPSA) is 60.9 Å². The zero-order chi connectivity index (χ0) is 16.1. The molecule has 2 aromatic carbocycles. The van der Waals surface area contributed by atoms with Gasteiger partial charge in [-0.1, -0.05) is 22.0 Å². The Morgan fingerprint density at radius 3 is 2.83 bits per heavy atom. The van der Waals surface area contributed by atoms with Gasteiger partial charge in [-0.05, 0) is 61.2 Å². The minimum atomic E-state index is -0.0446. The fraction of sp³-hybridized carbons (Fsp3) is 0.222. The Balaban J connectivity index is 1.74. The molecule has 1 atom stereocenters. The van der Waals surface area contributed by atoms with E-state index in [1.807, 2.05) is 31.2 Å². The lowest BCUT2D eigenvalue weighted by atomic mass is 10.1. The summed E-state index contributed by atoms with van der Waals surface area (Å²) in [6.07, 6.45) is 1.55. The van der Waals surface area contributed by atoms with Crippen LogP contribution >= 0.6 is 15.9 Å². The summed E-state index contributed by atoms with van der Waals surface area (Å²) in [5.74, 6) is 0.771. The number of aryl methyl sites for hydroxylation is 1. The second-order valence-corrected chi connectivity index (χ2v) is 7.01. The SMILES string of the molecule is Cc1nc2ccc(N)cc2n1C(=O)C1Cc2ccc(Br)cc2C1. The van der Waals surface area contributed by atoms with Crippen LogP contribution in [0.25, 0.3) is 11.0 Å². The molecule has 23 heavy (non-hydrogen) atoms. The van der Waals surface area contributed by atoms with E-state index in [-0.39, 0.29) is 11.8 Å². The van der Waals surface area contributed by atoms with Gasteiger partial charge in [0.25, 0.3) is 0 Å². The third kappa shape index (κ3) is 2.36. The summed E-state index contributed by atoms with van der Waals surface area (Å²) < 4.78 is 2.78. The number of nitrogen functional groups attached to an aromatic ring is 1. The van der Waals surface area contributed by atoms with Gasteiger partial charge in [-0.25, -0.2) is 4.98 Å². The number of carbonyl (C=O) groups is 1. The van der Waals surface area contributed by atoms with E-state index < -0.39 is 0 Å². The first kappa shape index (κ1) is 14.5. The molecule has 116 valence electrons. The summed E-state index contributed by atoms with van der Waals surface area (Å²) >= 11 is 3.50. The molecule has 1 aliphatic rings. The van der Waals surface area contributed by atoms with E-state index in [0.717, 1.165) is 28.3 Å². The monoisotopic (exact) mass is 369 g/mol. The average Bonchev–Trinajstić information content (AvgIpc) is 3.06. The predicted octanol–water partition coefficient (Wildman–Crippen LogP) is 3.74. The number of halogens is 1. The zero-order valence-electron chi connectivity index (χ0n) is 12.7. The van der Waals surface area contributed by atoms with Crippen molar-refractivity contribution in [3.05, 3.63) is 57.8 Å². The normalized spacial score (nSPS) is 16.7. The van der Waals surface area contributed by atoms with Crippen molar-refractivity contribution in [2.45, 2.75) is 19.8 Å². The summed E-state index contributed by atoms with van der Waals surface area (Å²) in [7, 11) is 0. The third-order valence-electron chi connectivity index (χ3n) is 4.52. The molecule has 0 radical (unpaired) electrons. The van der Waals surface area contributed by atoms with Gasteiger partial charge in [0, 0.05) is 16.1 Å². The molecule has 1 aromatic heterocycles. The van der Waals surface area contributed by atoms with E-state index in [9.17, 15) is 4.79 Å². The summed E-state index contributed by atoms with van der Waals surface area (Å²) in [6, 6.07) is 11.7. The van der Waals surface area contributed by atoms with E-state index >= 15 is 0 Å². The van der Waals surface area contributed by atoms with Crippen LogP contribution in [0.2, 0.25) is 0 Å². The van der Waals surface area contributed by atoms with Crippen LogP contribution in [0.4, 0.5) is 5.69 Å². The first-order valence-corrected chi connectivity index (χ1v) is 8.38. The molecule has 1 unspecified atom stereocenters. The molecule has 4 rings (SSSR count). The summed E-state index contributed by atoms with van der Waals surface area (Å²) in [4.78, 5) is 17.6. The number of anilines is 1. The van der Waals surface area contributed by atoms with E-state index in [1.54, 1.807) is 4.57 Å². The van der Waals surface area contributed by atoms with Crippen molar-refractivity contribution in [1.29, 1.82) is 0 Å². The number of benzene rings is 2. The van der Waals surface area contributed by atoms with Crippen molar-refractivity contribution < 1.29 is 4.79 Å². The van der Waals surface area contributed by atoms with Gasteiger partial charge >= 0.3 is 0 Å². The lowest BCUT2D eigenvalue weighted by Crippen LogP contribution is -2.23. The highest BCUT2D eigenvalue weighted by atomic mass is 79.9. The molecule has 5 heteroatoms. The third-order valence-corrected chi connectivity index (χ3v) is 5.01. The van der Waals surface area contributed by atoms with Gasteiger partial charge in [0.05, 0.1) is 11.0 Å². The summed E-state index contributed by atoms with van der Waals surface area (Å²) in [6.45, 7) is 1.87. The number of fused-ring (bicyclic) bond motifs is 2. The molecular formula is C18H16BrN3O. The van der Waals surface area contributed by atoms with E-state index in [2.05, 4.69) is 33.0 Å². The number of aromatic nitrogens is 2. The van der Waals surface area contributed by atoms with Crippen molar-refractivity contribution in [3.8, 4) is 0 Å². The van der Waals surface area contributed by atoms with E-state index in [0.29, 0.717) is 11.5 Å². The van der Waals surface area contributed by atoms with Gasteiger partial charge in [0.2, 0.25) is 5.91 Å². The van der Waals surface area contributed by atoms with Crippen molar-refractivity contribution in [3.63, 3.8) is 0 Å². The molecule has 4 nitrogen and oxygen atoms in total. The van der Waals surface area contributed by atoms with Gasteiger partial charge in [-0.3, -0.25) is 9.36 Å². The Morgan fingerprint density at radius 2 is 2.00 bits per heavy atom. The summed E-state index contributed by atoms with van der Waals surface area (Å²) in [5.41, 5.74) is 10.6. The van der Waals surface area contributed by atoms with Gasteiger partial charge in [0.15, 0.2) is 0 Å². The molecule has 1 heterocycles. The van der Waals surface area contributed by atoms with Crippen LogP contribution in [-0.2, 0) is 12.8 Å². The standard InChI is InChI=1S/C18H16BrN3O/c1-10-21-16-5-4-15(20)9-17(16)22(10)18(23)13-6-11-2-3-14(19)8-12(11)7-13/h2-5,8-9,13H,6-7,20H2,1H3. The molecule has 0 fully saturated rings. The second kappa shape index (κ2) is 5.20. The molecule has 3 aromatic rings. The lowest BCUT2D eigenvalue weighted by Gasteiger charge is -2.11. The van der Waals surface area contributed by atoms with Crippen LogP contribution in [0.1, 0.15) is 21.7 Å². The second-order valence-electron chi connectivity index (χ2n) is 6.10. The van der Waals surface area contributed by atoms with Gasteiger partial charge in [-0.15, -0.1) is 0 Å². The highest BCUT2D eigenvalue weighted by Crippen LogP contribution is 2.31. The van der Waals surface area contributed by atoms with E-state index in [1.165, 1.54) is 11.1 Å². The highest BCUT2D eigenvalue weighted by Gasteiger charge is 2.30. The van der Waals surface area contributed by atoms with Crippen LogP contribution in [0.15, 0.2) is 40.9 Å². The first-order valence-electron chi connectivity index (χ1n) is 7.59. The Morgan fingerprint density at radius 1 is 1.22 bits per heavy atom. The van der Waals surface area contributed by atoms with Crippen LogP contribution in [0.3, 0.4) is 0 Å². The molecule has 2 N–H and O–H groups in total. The van der Waals surface area contributed by atoms with Gasteiger partial charge in [-0.2, -0.15) is 0 Å². The molecule has 1 aliphatic carbocycles. The molecule has 0 saturated heterocycles. The maximum absolute atomic E-state index is 13.1. The lowest BCUT2D eigenvalue weighted by molar-refractivity contribution is 0.0842. The fourth-order valence-electron chi connectivity index (χ4n) is 3.43. The number of imidazole rings is 1. The number of nitrogens with two attached hydrogens (primary N) is 1. The number of carbonyl (C=O) groups excluding carboxylic acids is 1. The molecular weight excluding hydrogens is 354 g/mol. The first-order chi connectivity index (χ1) is 11.0.